The van der Waals surface area contributed by atoms with Gasteiger partial charge in [0, 0.05) is 13.2 Å². The van der Waals surface area contributed by atoms with Crippen molar-refractivity contribution in [3.05, 3.63) is 4.91 Å². The Balaban J connectivity index is 4.77. The van der Waals surface area contributed by atoms with Gasteiger partial charge in [-0.1, -0.05) is 0 Å². The first-order valence-corrected chi connectivity index (χ1v) is 5.45. The standard InChI is InChI=1S/C10H20N2O5/c1-4-15-9(13)7-12(11-14)8-10(16-5-2)17-6-3/h10H,4-8H2,1-3H3/i7D2. The second-order valence-corrected chi connectivity index (χ2v) is 2.84. The normalized spacial score (nSPS) is 12.9. The van der Waals surface area contributed by atoms with Gasteiger partial charge in [0.15, 0.2) is 6.29 Å². The number of esters is 1. The molecule has 0 aliphatic heterocycles. The summed E-state index contributed by atoms with van der Waals surface area (Å²) in [5, 5.41) is 2.93. The van der Waals surface area contributed by atoms with Crippen molar-refractivity contribution in [1.82, 2.24) is 5.01 Å². The molecule has 0 aromatic heterocycles. The third kappa shape index (κ3) is 7.64. The third-order valence-corrected chi connectivity index (χ3v) is 1.62. The Kier molecular flexibility index (Phi) is 7.19. The molecular formula is C10H20N2O5. The number of hydrogen-bond acceptors (Lipinski definition) is 6. The second kappa shape index (κ2) is 9.98. The molecule has 0 heterocycles. The van der Waals surface area contributed by atoms with Crippen molar-refractivity contribution in [2.24, 2.45) is 5.29 Å². The number of hydrogen-bond donors (Lipinski definition) is 0. The highest BCUT2D eigenvalue weighted by Gasteiger charge is 2.17. The smallest absolute Gasteiger partial charge is 0.327 e. The molecule has 0 aromatic rings. The molecule has 7 heteroatoms. The highest BCUT2D eigenvalue weighted by atomic mass is 16.7. The molecule has 0 amide bonds. The lowest BCUT2D eigenvalue weighted by molar-refractivity contribution is -0.156. The first-order valence-electron chi connectivity index (χ1n) is 6.45. The van der Waals surface area contributed by atoms with E-state index in [1.165, 1.54) is 6.92 Å². The quantitative estimate of drug-likeness (QED) is 0.248. The zero-order valence-electron chi connectivity index (χ0n) is 12.3. The van der Waals surface area contributed by atoms with Gasteiger partial charge in [0.1, 0.15) is 6.50 Å². The molecule has 0 atom stereocenters. The first kappa shape index (κ1) is 12.3. The van der Waals surface area contributed by atoms with Crippen LogP contribution in [0.2, 0.25) is 0 Å². The average Bonchev–Trinajstić information content (AvgIpc) is 2.36. The van der Waals surface area contributed by atoms with Gasteiger partial charge < -0.3 is 14.2 Å². The Morgan fingerprint density at radius 2 is 1.88 bits per heavy atom. The molecule has 0 spiro atoms. The van der Waals surface area contributed by atoms with Crippen LogP contribution >= 0.6 is 0 Å². The summed E-state index contributed by atoms with van der Waals surface area (Å²) < 4.78 is 30.0. The predicted octanol–water partition coefficient (Wildman–Crippen LogP) is 0.932. The molecule has 0 N–H and O–H groups in total. The fourth-order valence-corrected chi connectivity index (χ4v) is 1.03. The summed E-state index contributed by atoms with van der Waals surface area (Å²) in [6, 6.07) is 0. The van der Waals surface area contributed by atoms with Crippen LogP contribution < -0.4 is 0 Å². The molecule has 0 aliphatic carbocycles. The molecule has 0 radical (unpaired) electrons. The third-order valence-electron chi connectivity index (χ3n) is 1.62. The van der Waals surface area contributed by atoms with Gasteiger partial charge in [0.25, 0.3) is 0 Å². The fourth-order valence-electron chi connectivity index (χ4n) is 1.03. The molecule has 0 saturated heterocycles. The summed E-state index contributed by atoms with van der Waals surface area (Å²) in [6.07, 6.45) is -0.850. The van der Waals surface area contributed by atoms with Gasteiger partial charge in [-0.15, -0.1) is 4.91 Å². The van der Waals surface area contributed by atoms with Gasteiger partial charge in [-0.2, -0.15) is 0 Å². The molecule has 17 heavy (non-hydrogen) atoms. The zero-order valence-corrected chi connectivity index (χ0v) is 10.3. The predicted molar refractivity (Wildman–Crippen MR) is 61.0 cm³/mol. The molecule has 0 unspecified atom stereocenters. The van der Waals surface area contributed by atoms with Crippen molar-refractivity contribution >= 4 is 5.97 Å². The molecule has 0 bridgehead atoms. The number of carbonyl (C=O) groups excluding carboxylic acids is 1. The van der Waals surface area contributed by atoms with Gasteiger partial charge in [-0.25, -0.2) is 5.01 Å². The Labute approximate surface area is 104 Å². The summed E-state index contributed by atoms with van der Waals surface area (Å²) in [6.45, 7) is 2.66. The molecule has 0 aliphatic rings. The molecule has 7 nitrogen and oxygen atoms in total. The van der Waals surface area contributed by atoms with Gasteiger partial charge in [0.2, 0.25) is 0 Å². The lowest BCUT2D eigenvalue weighted by atomic mass is 10.5. The Hall–Kier alpha value is -1.21. The number of rotatable bonds is 10. The number of carbonyl (C=O) groups is 1. The average molecular weight is 250 g/mol. The van der Waals surface area contributed by atoms with E-state index in [4.69, 9.17) is 12.2 Å². The van der Waals surface area contributed by atoms with E-state index in [2.05, 4.69) is 10.0 Å². The van der Waals surface area contributed by atoms with Crippen LogP contribution in [0.25, 0.3) is 0 Å². The van der Waals surface area contributed by atoms with E-state index >= 15 is 0 Å². The van der Waals surface area contributed by atoms with Gasteiger partial charge in [-0.05, 0) is 20.8 Å². The molecule has 0 aromatic carbocycles. The van der Waals surface area contributed by atoms with Crippen LogP contribution in [-0.2, 0) is 19.0 Å². The van der Waals surface area contributed by atoms with Gasteiger partial charge >= 0.3 is 5.97 Å². The van der Waals surface area contributed by atoms with E-state index in [0.29, 0.717) is 18.2 Å². The topological polar surface area (TPSA) is 77.4 Å². The lowest BCUT2D eigenvalue weighted by Gasteiger charge is -2.21. The SMILES string of the molecule is [2H]C([2H])(C(=O)OCC)N(CC(OCC)OCC)N=O. The lowest BCUT2D eigenvalue weighted by Crippen LogP contribution is -2.36. The summed E-state index contributed by atoms with van der Waals surface area (Å²) in [7, 11) is 0. The maximum atomic E-state index is 11.4. The van der Waals surface area contributed by atoms with Gasteiger partial charge in [0.05, 0.1) is 21.2 Å². The van der Waals surface area contributed by atoms with Crippen LogP contribution in [0, 0.1) is 4.91 Å². The largest absolute Gasteiger partial charge is 0.465 e. The molecular weight excluding hydrogens is 228 g/mol. The van der Waals surface area contributed by atoms with Crippen LogP contribution in [0.4, 0.5) is 0 Å². The van der Waals surface area contributed by atoms with E-state index in [0.717, 1.165) is 0 Å². The Morgan fingerprint density at radius 3 is 2.29 bits per heavy atom. The summed E-state index contributed by atoms with van der Waals surface area (Å²) in [5.41, 5.74) is 0. The summed E-state index contributed by atoms with van der Waals surface area (Å²) >= 11 is 0. The van der Waals surface area contributed by atoms with Crippen molar-refractivity contribution in [3.63, 3.8) is 0 Å². The molecule has 0 saturated carbocycles. The van der Waals surface area contributed by atoms with Crippen LogP contribution in [0.3, 0.4) is 0 Å². The maximum Gasteiger partial charge on any atom is 0.327 e. The zero-order chi connectivity index (χ0) is 14.9. The number of nitroso groups, excluding NO2 is 1. The highest BCUT2D eigenvalue weighted by Crippen LogP contribution is 2.01. The fraction of sp³-hybridized carbons (Fsp3) is 0.900. The molecule has 0 rings (SSSR count). The highest BCUT2D eigenvalue weighted by molar-refractivity contribution is 5.71. The van der Waals surface area contributed by atoms with Crippen molar-refractivity contribution in [1.29, 1.82) is 0 Å². The monoisotopic (exact) mass is 250 g/mol. The van der Waals surface area contributed by atoms with E-state index < -0.39 is 18.8 Å². The number of ether oxygens (including phenoxy) is 3. The van der Waals surface area contributed by atoms with E-state index in [1.54, 1.807) is 13.8 Å². The van der Waals surface area contributed by atoms with E-state index in [9.17, 15) is 9.70 Å². The minimum atomic E-state index is -2.66. The van der Waals surface area contributed by atoms with Crippen molar-refractivity contribution < 1.29 is 21.7 Å². The van der Waals surface area contributed by atoms with Crippen molar-refractivity contribution in [2.45, 2.75) is 27.1 Å². The second-order valence-electron chi connectivity index (χ2n) is 2.84. The summed E-state index contributed by atoms with van der Waals surface area (Å²) in [4.78, 5) is 22.2. The first-order chi connectivity index (χ1) is 8.93. The minimum Gasteiger partial charge on any atom is -0.465 e. The van der Waals surface area contributed by atoms with E-state index in [-0.39, 0.29) is 13.2 Å². The maximum absolute atomic E-state index is 11.4. The van der Waals surface area contributed by atoms with Crippen LogP contribution in [0.15, 0.2) is 5.29 Å². The summed E-state index contributed by atoms with van der Waals surface area (Å²) in [5.74, 6) is -1.18. The van der Waals surface area contributed by atoms with E-state index in [1.807, 2.05) is 0 Å². The van der Waals surface area contributed by atoms with Crippen LogP contribution in [-0.4, -0.2) is 50.1 Å². The Bertz CT molecular complexity index is 285. The van der Waals surface area contributed by atoms with Crippen molar-refractivity contribution in [2.75, 3.05) is 32.9 Å². The van der Waals surface area contributed by atoms with Gasteiger partial charge in [-0.3, -0.25) is 4.79 Å². The van der Waals surface area contributed by atoms with Crippen LogP contribution in [0.5, 0.6) is 0 Å². The van der Waals surface area contributed by atoms with Crippen LogP contribution in [0.1, 0.15) is 23.5 Å². The Morgan fingerprint density at radius 1 is 1.29 bits per heavy atom. The number of nitrogens with zero attached hydrogens (tertiary/aromatic N) is 2. The molecule has 0 fully saturated rings. The molecule has 100 valence electrons. The minimum absolute atomic E-state index is 0.00535. The van der Waals surface area contributed by atoms with Crippen molar-refractivity contribution in [3.8, 4) is 0 Å².